The van der Waals surface area contributed by atoms with Crippen LogP contribution in [-0.4, -0.2) is 56.4 Å². The molecular formula is C15H28N2O3S. The van der Waals surface area contributed by atoms with Gasteiger partial charge >= 0.3 is 0 Å². The fourth-order valence-corrected chi connectivity index (χ4v) is 5.58. The third-order valence-corrected chi connectivity index (χ3v) is 6.74. The second-order valence-electron chi connectivity index (χ2n) is 6.43. The molecule has 5 nitrogen and oxygen atoms in total. The first-order valence-corrected chi connectivity index (χ1v) is 9.98. The Hall–Kier alpha value is -0.620. The zero-order valence-electron chi connectivity index (χ0n) is 13.2. The van der Waals surface area contributed by atoms with Crippen molar-refractivity contribution in [2.45, 2.75) is 52.0 Å². The van der Waals surface area contributed by atoms with Crippen molar-refractivity contribution >= 4 is 15.7 Å². The molecule has 21 heavy (non-hydrogen) atoms. The van der Waals surface area contributed by atoms with E-state index in [1.165, 1.54) is 0 Å². The van der Waals surface area contributed by atoms with Gasteiger partial charge in [0.15, 0.2) is 9.84 Å². The zero-order chi connectivity index (χ0) is 15.5. The van der Waals surface area contributed by atoms with Gasteiger partial charge in [0.25, 0.3) is 0 Å². The van der Waals surface area contributed by atoms with E-state index in [0.29, 0.717) is 13.0 Å². The van der Waals surface area contributed by atoms with Gasteiger partial charge in [0.05, 0.1) is 16.9 Å². The van der Waals surface area contributed by atoms with Crippen LogP contribution in [-0.2, 0) is 14.6 Å². The third kappa shape index (κ3) is 3.59. The molecular weight excluding hydrogens is 288 g/mol. The van der Waals surface area contributed by atoms with Crippen molar-refractivity contribution in [2.75, 3.05) is 31.1 Å². The number of carbonyl (C=O) groups is 1. The van der Waals surface area contributed by atoms with Crippen molar-refractivity contribution in [1.82, 2.24) is 10.2 Å². The van der Waals surface area contributed by atoms with Crippen molar-refractivity contribution in [3.8, 4) is 0 Å². The van der Waals surface area contributed by atoms with Gasteiger partial charge in [-0.3, -0.25) is 4.79 Å². The predicted octanol–water partition coefficient (Wildman–Crippen LogP) is 1.19. The van der Waals surface area contributed by atoms with Gasteiger partial charge in [-0.15, -0.1) is 0 Å². The van der Waals surface area contributed by atoms with Crippen molar-refractivity contribution in [2.24, 2.45) is 5.41 Å². The van der Waals surface area contributed by atoms with E-state index in [1.807, 2.05) is 11.8 Å². The molecule has 0 aliphatic carbocycles. The topological polar surface area (TPSA) is 66.5 Å². The summed E-state index contributed by atoms with van der Waals surface area (Å²) in [7, 11) is -2.95. The summed E-state index contributed by atoms with van der Waals surface area (Å²) in [6.45, 7) is 6.45. The first kappa shape index (κ1) is 16.7. The largest absolute Gasteiger partial charge is 0.338 e. The molecule has 2 fully saturated rings. The smallest absolute Gasteiger partial charge is 0.229 e. The Bertz CT molecular complexity index is 464. The van der Waals surface area contributed by atoms with E-state index in [2.05, 4.69) is 12.2 Å². The molecule has 1 unspecified atom stereocenters. The van der Waals surface area contributed by atoms with Gasteiger partial charge in [0, 0.05) is 12.6 Å². The number of nitrogens with zero attached hydrogens (tertiary/aromatic N) is 1. The quantitative estimate of drug-likeness (QED) is 0.827. The van der Waals surface area contributed by atoms with Gasteiger partial charge in [-0.1, -0.05) is 13.3 Å². The first-order chi connectivity index (χ1) is 9.94. The lowest BCUT2D eigenvalue weighted by Crippen LogP contribution is -2.52. The summed E-state index contributed by atoms with van der Waals surface area (Å²) in [6.07, 6.45) is 4.24. The SMILES string of the molecule is CCCC1(C(=O)N(CC)C2CCS(=O)(=O)C2)CCNCC1. The lowest BCUT2D eigenvalue weighted by molar-refractivity contribution is -0.146. The lowest BCUT2D eigenvalue weighted by atomic mass is 9.74. The van der Waals surface area contributed by atoms with Crippen molar-refractivity contribution in [3.05, 3.63) is 0 Å². The zero-order valence-corrected chi connectivity index (χ0v) is 14.0. The Morgan fingerprint density at radius 2 is 1.95 bits per heavy atom. The Labute approximate surface area is 128 Å². The molecule has 1 amide bonds. The average Bonchev–Trinajstić information content (AvgIpc) is 2.81. The van der Waals surface area contributed by atoms with E-state index in [0.717, 1.165) is 38.8 Å². The van der Waals surface area contributed by atoms with Gasteiger partial charge in [-0.2, -0.15) is 0 Å². The van der Waals surface area contributed by atoms with Gasteiger partial charge < -0.3 is 10.2 Å². The summed E-state index contributed by atoms with van der Waals surface area (Å²) in [5.41, 5.74) is -0.275. The van der Waals surface area contributed by atoms with E-state index >= 15 is 0 Å². The average molecular weight is 316 g/mol. The summed E-state index contributed by atoms with van der Waals surface area (Å²) in [4.78, 5) is 15.0. The van der Waals surface area contributed by atoms with Crippen molar-refractivity contribution in [3.63, 3.8) is 0 Å². The first-order valence-electron chi connectivity index (χ1n) is 8.16. The molecule has 2 heterocycles. The Morgan fingerprint density at radius 3 is 2.43 bits per heavy atom. The molecule has 1 atom stereocenters. The Balaban J connectivity index is 2.17. The molecule has 2 aliphatic heterocycles. The van der Waals surface area contributed by atoms with E-state index < -0.39 is 9.84 Å². The van der Waals surface area contributed by atoms with Crippen LogP contribution in [0.5, 0.6) is 0 Å². The highest BCUT2D eigenvalue weighted by Gasteiger charge is 2.44. The number of rotatable bonds is 5. The fourth-order valence-electron chi connectivity index (χ4n) is 3.85. The molecule has 0 aromatic carbocycles. The predicted molar refractivity (Wildman–Crippen MR) is 83.9 cm³/mol. The number of piperidine rings is 1. The molecule has 6 heteroatoms. The van der Waals surface area contributed by atoms with Gasteiger partial charge in [0.1, 0.15) is 0 Å². The van der Waals surface area contributed by atoms with Crippen LogP contribution in [0.2, 0.25) is 0 Å². The van der Waals surface area contributed by atoms with Crippen LogP contribution >= 0.6 is 0 Å². The van der Waals surface area contributed by atoms with Gasteiger partial charge in [-0.05, 0) is 45.7 Å². The van der Waals surface area contributed by atoms with Crippen LogP contribution in [0, 0.1) is 5.41 Å². The van der Waals surface area contributed by atoms with Crippen molar-refractivity contribution < 1.29 is 13.2 Å². The number of nitrogens with one attached hydrogen (secondary N) is 1. The van der Waals surface area contributed by atoms with E-state index in [4.69, 9.17) is 0 Å². The highest BCUT2D eigenvalue weighted by Crippen LogP contribution is 2.37. The second-order valence-corrected chi connectivity index (χ2v) is 8.66. The van der Waals surface area contributed by atoms with Gasteiger partial charge in [-0.25, -0.2) is 8.42 Å². The molecule has 2 saturated heterocycles. The summed E-state index contributed by atoms with van der Waals surface area (Å²) < 4.78 is 23.4. The molecule has 0 aromatic rings. The highest BCUT2D eigenvalue weighted by molar-refractivity contribution is 7.91. The number of sulfone groups is 1. The van der Waals surface area contributed by atoms with Crippen LogP contribution < -0.4 is 5.32 Å². The normalized spacial score (nSPS) is 27.4. The highest BCUT2D eigenvalue weighted by atomic mass is 32.2. The summed E-state index contributed by atoms with van der Waals surface area (Å²) >= 11 is 0. The molecule has 0 aromatic heterocycles. The summed E-state index contributed by atoms with van der Waals surface area (Å²) in [5.74, 6) is 0.562. The van der Waals surface area contributed by atoms with Crippen LogP contribution in [0.15, 0.2) is 0 Å². The minimum atomic E-state index is -2.95. The Morgan fingerprint density at radius 1 is 1.29 bits per heavy atom. The lowest BCUT2D eigenvalue weighted by Gasteiger charge is -2.41. The minimum Gasteiger partial charge on any atom is -0.338 e. The number of amides is 1. The third-order valence-electron chi connectivity index (χ3n) is 4.99. The maximum Gasteiger partial charge on any atom is 0.229 e. The summed E-state index contributed by atoms with van der Waals surface area (Å²) in [6, 6.07) is -0.115. The molecule has 0 saturated carbocycles. The maximum absolute atomic E-state index is 13.1. The number of carbonyl (C=O) groups excluding carboxylic acids is 1. The van der Waals surface area contributed by atoms with Crippen molar-refractivity contribution in [1.29, 1.82) is 0 Å². The monoisotopic (exact) mass is 316 g/mol. The number of hydrogen-bond donors (Lipinski definition) is 1. The van der Waals surface area contributed by atoms with Crippen LogP contribution in [0.25, 0.3) is 0 Å². The van der Waals surface area contributed by atoms with Gasteiger partial charge in [0.2, 0.25) is 5.91 Å². The summed E-state index contributed by atoms with van der Waals surface area (Å²) in [5, 5.41) is 3.33. The number of hydrogen-bond acceptors (Lipinski definition) is 4. The van der Waals surface area contributed by atoms with Crippen LogP contribution in [0.3, 0.4) is 0 Å². The van der Waals surface area contributed by atoms with E-state index in [9.17, 15) is 13.2 Å². The minimum absolute atomic E-state index is 0.115. The van der Waals surface area contributed by atoms with Crippen LogP contribution in [0.4, 0.5) is 0 Å². The fraction of sp³-hybridized carbons (Fsp3) is 0.933. The maximum atomic E-state index is 13.1. The van der Waals surface area contributed by atoms with Crippen LogP contribution in [0.1, 0.15) is 46.0 Å². The Kier molecular flexibility index (Phi) is 5.30. The van der Waals surface area contributed by atoms with E-state index in [1.54, 1.807) is 0 Å². The molecule has 1 N–H and O–H groups in total. The molecule has 0 radical (unpaired) electrons. The molecule has 0 bridgehead atoms. The molecule has 0 spiro atoms. The second kappa shape index (κ2) is 6.65. The molecule has 2 aliphatic rings. The van der Waals surface area contributed by atoms with E-state index in [-0.39, 0.29) is 28.9 Å². The standard InChI is InChI=1S/C15H28N2O3S/c1-3-6-15(7-9-16-10-8-15)14(18)17(4-2)13-5-11-21(19,20)12-13/h13,16H,3-12H2,1-2H3. The molecule has 2 rings (SSSR count). The molecule has 122 valence electrons.